The molecule has 0 spiro atoms. The SMILES string of the molecule is Cn1ncc(CNC(=O)OCC2c3ccccc3-c3ccccc32)c1C(=O)NCCC(O)C(=O)O. The molecule has 3 aromatic rings. The van der Waals surface area contributed by atoms with Crippen LogP contribution in [0.3, 0.4) is 0 Å². The Hall–Kier alpha value is -4.18. The summed E-state index contributed by atoms with van der Waals surface area (Å²) in [5, 5.41) is 27.3. The summed E-state index contributed by atoms with van der Waals surface area (Å²) in [6.07, 6.45) is -0.847. The lowest BCUT2D eigenvalue weighted by Gasteiger charge is -2.14. The van der Waals surface area contributed by atoms with Crippen LogP contribution in [0.2, 0.25) is 0 Å². The van der Waals surface area contributed by atoms with E-state index in [0.29, 0.717) is 5.56 Å². The van der Waals surface area contributed by atoms with Gasteiger partial charge in [-0.05, 0) is 22.3 Å². The fourth-order valence-electron chi connectivity index (χ4n) is 4.25. The minimum absolute atomic E-state index is 0.0189. The van der Waals surface area contributed by atoms with Crippen molar-refractivity contribution in [2.45, 2.75) is 25.0 Å². The summed E-state index contributed by atoms with van der Waals surface area (Å²) in [6.45, 7) is 0.161. The van der Waals surface area contributed by atoms with Gasteiger partial charge in [-0.3, -0.25) is 9.48 Å². The van der Waals surface area contributed by atoms with Crippen LogP contribution in [-0.4, -0.2) is 57.2 Å². The van der Waals surface area contributed by atoms with Crippen LogP contribution in [0.5, 0.6) is 0 Å². The maximum absolute atomic E-state index is 12.5. The molecule has 4 N–H and O–H groups in total. The molecule has 35 heavy (non-hydrogen) atoms. The van der Waals surface area contributed by atoms with Crippen molar-refractivity contribution in [2.75, 3.05) is 13.2 Å². The van der Waals surface area contributed by atoms with Gasteiger partial charge >= 0.3 is 12.1 Å². The van der Waals surface area contributed by atoms with Crippen LogP contribution in [0.4, 0.5) is 4.79 Å². The van der Waals surface area contributed by atoms with E-state index in [4.69, 9.17) is 9.84 Å². The number of aliphatic hydroxyl groups is 1. The van der Waals surface area contributed by atoms with E-state index in [1.165, 1.54) is 10.9 Å². The number of aryl methyl sites for hydroxylation is 1. The Kier molecular flexibility index (Phi) is 7.11. The summed E-state index contributed by atoms with van der Waals surface area (Å²) in [4.78, 5) is 35.7. The molecule has 0 radical (unpaired) electrons. The highest BCUT2D eigenvalue weighted by atomic mass is 16.5. The minimum atomic E-state index is -1.56. The Morgan fingerprint density at radius 2 is 1.69 bits per heavy atom. The molecule has 0 bridgehead atoms. The topological polar surface area (TPSA) is 143 Å². The standard InChI is InChI=1S/C25H26N4O6/c1-29-22(23(31)26-11-10-21(30)24(32)33)15(13-28-29)12-27-25(34)35-14-20-18-8-4-2-6-16(18)17-7-3-5-9-19(17)20/h2-9,13,20-21,30H,10-12,14H2,1H3,(H,26,31)(H,27,34)(H,32,33). The third-order valence-corrected chi connectivity index (χ3v) is 5.98. The summed E-state index contributed by atoms with van der Waals surface area (Å²) in [6, 6.07) is 16.1. The second kappa shape index (κ2) is 10.4. The third-order valence-electron chi connectivity index (χ3n) is 5.98. The Morgan fingerprint density at radius 3 is 2.31 bits per heavy atom. The molecule has 1 heterocycles. The molecule has 182 valence electrons. The van der Waals surface area contributed by atoms with Crippen molar-refractivity contribution in [1.29, 1.82) is 0 Å². The summed E-state index contributed by atoms with van der Waals surface area (Å²) >= 11 is 0. The zero-order chi connectivity index (χ0) is 24.9. The number of amides is 2. The predicted octanol–water partition coefficient (Wildman–Crippen LogP) is 2.02. The first-order chi connectivity index (χ1) is 16.9. The van der Waals surface area contributed by atoms with Crippen molar-refractivity contribution < 1.29 is 29.3 Å². The molecule has 0 saturated carbocycles. The number of benzene rings is 2. The lowest BCUT2D eigenvalue weighted by molar-refractivity contribution is -0.146. The lowest BCUT2D eigenvalue weighted by atomic mass is 9.98. The molecule has 0 saturated heterocycles. The number of aromatic nitrogens is 2. The molecular weight excluding hydrogens is 452 g/mol. The Bertz CT molecular complexity index is 1210. The number of alkyl carbamates (subject to hydrolysis) is 1. The molecule has 0 fully saturated rings. The highest BCUT2D eigenvalue weighted by Gasteiger charge is 2.29. The maximum atomic E-state index is 12.5. The minimum Gasteiger partial charge on any atom is -0.479 e. The van der Waals surface area contributed by atoms with Crippen molar-refractivity contribution >= 4 is 18.0 Å². The van der Waals surface area contributed by atoms with E-state index >= 15 is 0 Å². The molecule has 1 aliphatic carbocycles. The van der Waals surface area contributed by atoms with E-state index in [-0.39, 0.29) is 37.7 Å². The number of carbonyl (C=O) groups is 3. The Morgan fingerprint density at radius 1 is 1.06 bits per heavy atom. The van der Waals surface area contributed by atoms with E-state index in [1.807, 2.05) is 36.4 Å². The Balaban J connectivity index is 1.33. The smallest absolute Gasteiger partial charge is 0.407 e. The number of fused-ring (bicyclic) bond motifs is 3. The highest BCUT2D eigenvalue weighted by Crippen LogP contribution is 2.44. The van der Waals surface area contributed by atoms with Crippen molar-refractivity contribution in [3.8, 4) is 11.1 Å². The monoisotopic (exact) mass is 478 g/mol. The predicted molar refractivity (Wildman–Crippen MR) is 126 cm³/mol. The zero-order valence-electron chi connectivity index (χ0n) is 19.1. The average molecular weight is 479 g/mol. The van der Waals surface area contributed by atoms with Gasteiger partial charge in [0, 0.05) is 31.5 Å². The van der Waals surface area contributed by atoms with E-state index in [1.54, 1.807) is 7.05 Å². The largest absolute Gasteiger partial charge is 0.479 e. The third kappa shape index (κ3) is 5.17. The number of carboxylic acid groups (broad SMARTS) is 1. The van der Waals surface area contributed by atoms with Crippen LogP contribution in [0.25, 0.3) is 11.1 Å². The second-order valence-electron chi connectivity index (χ2n) is 8.22. The van der Waals surface area contributed by atoms with E-state index in [2.05, 4.69) is 27.9 Å². The van der Waals surface area contributed by atoms with Gasteiger partial charge in [-0.2, -0.15) is 5.10 Å². The van der Waals surface area contributed by atoms with E-state index in [9.17, 15) is 19.5 Å². The number of aliphatic hydroxyl groups excluding tert-OH is 1. The highest BCUT2D eigenvalue weighted by molar-refractivity contribution is 5.94. The fourth-order valence-corrected chi connectivity index (χ4v) is 4.25. The number of nitrogens with one attached hydrogen (secondary N) is 2. The molecular formula is C25H26N4O6. The van der Waals surface area contributed by atoms with Crippen LogP contribution >= 0.6 is 0 Å². The summed E-state index contributed by atoms with van der Waals surface area (Å²) in [7, 11) is 1.58. The first-order valence-electron chi connectivity index (χ1n) is 11.2. The van der Waals surface area contributed by atoms with Crippen molar-refractivity contribution in [2.24, 2.45) is 7.05 Å². The van der Waals surface area contributed by atoms with E-state index < -0.39 is 24.1 Å². The molecule has 1 aliphatic rings. The molecule has 2 amide bonds. The van der Waals surface area contributed by atoms with Gasteiger partial charge in [0.15, 0.2) is 6.10 Å². The van der Waals surface area contributed by atoms with Gasteiger partial charge in [0.1, 0.15) is 12.3 Å². The molecule has 2 aromatic carbocycles. The number of carbonyl (C=O) groups excluding carboxylic acids is 2. The number of aliphatic carboxylic acids is 1. The second-order valence-corrected chi connectivity index (χ2v) is 8.22. The van der Waals surface area contributed by atoms with Gasteiger partial charge in [-0.25, -0.2) is 9.59 Å². The van der Waals surface area contributed by atoms with Gasteiger partial charge in [0.25, 0.3) is 5.91 Å². The first-order valence-corrected chi connectivity index (χ1v) is 11.2. The number of rotatable bonds is 9. The molecule has 10 heteroatoms. The molecule has 1 atom stereocenters. The van der Waals surface area contributed by atoms with Crippen LogP contribution in [0, 0.1) is 0 Å². The Labute approximate surface area is 201 Å². The fraction of sp³-hybridized carbons (Fsp3) is 0.280. The van der Waals surface area contributed by atoms with Crippen LogP contribution < -0.4 is 10.6 Å². The zero-order valence-corrected chi connectivity index (χ0v) is 19.1. The summed E-state index contributed by atoms with van der Waals surface area (Å²) in [5.74, 6) is -1.91. The van der Waals surface area contributed by atoms with Gasteiger partial charge in [-0.15, -0.1) is 0 Å². The summed E-state index contributed by atoms with van der Waals surface area (Å²) < 4.78 is 6.88. The normalized spacial score (nSPS) is 13.0. The van der Waals surface area contributed by atoms with Crippen LogP contribution in [0.1, 0.15) is 39.5 Å². The lowest BCUT2D eigenvalue weighted by Crippen LogP contribution is -2.32. The van der Waals surface area contributed by atoms with Gasteiger partial charge in [0.2, 0.25) is 0 Å². The van der Waals surface area contributed by atoms with E-state index in [0.717, 1.165) is 22.3 Å². The number of hydrogen-bond acceptors (Lipinski definition) is 6. The maximum Gasteiger partial charge on any atom is 0.407 e. The quantitative estimate of drug-likeness (QED) is 0.368. The number of carboxylic acids is 1. The molecule has 10 nitrogen and oxygen atoms in total. The van der Waals surface area contributed by atoms with Crippen LogP contribution in [0.15, 0.2) is 54.7 Å². The number of ether oxygens (including phenoxy) is 1. The van der Waals surface area contributed by atoms with Gasteiger partial charge in [0.05, 0.1) is 12.7 Å². The van der Waals surface area contributed by atoms with Gasteiger partial charge < -0.3 is 25.6 Å². The van der Waals surface area contributed by atoms with Crippen molar-refractivity contribution in [1.82, 2.24) is 20.4 Å². The molecule has 1 aromatic heterocycles. The molecule has 4 rings (SSSR count). The average Bonchev–Trinajstić information content (AvgIpc) is 3.38. The molecule has 0 aliphatic heterocycles. The molecule has 1 unspecified atom stereocenters. The summed E-state index contributed by atoms with van der Waals surface area (Å²) in [5.41, 5.74) is 5.19. The number of hydrogen-bond donors (Lipinski definition) is 4. The van der Waals surface area contributed by atoms with Crippen molar-refractivity contribution in [3.05, 3.63) is 77.1 Å². The number of nitrogens with zero attached hydrogens (tertiary/aromatic N) is 2. The van der Waals surface area contributed by atoms with Gasteiger partial charge in [-0.1, -0.05) is 48.5 Å². The van der Waals surface area contributed by atoms with Crippen LogP contribution in [-0.2, 0) is 23.1 Å². The first kappa shape index (κ1) is 24.0. The van der Waals surface area contributed by atoms with Crippen molar-refractivity contribution in [3.63, 3.8) is 0 Å².